The molecule has 0 aliphatic carbocycles. The van der Waals surface area contributed by atoms with Crippen molar-refractivity contribution >= 4 is 49.4 Å². The Hall–Kier alpha value is -5.01. The van der Waals surface area contributed by atoms with E-state index >= 15 is 0 Å². The van der Waals surface area contributed by atoms with Gasteiger partial charge in [-0.1, -0.05) is 36.4 Å². The molecule has 3 aromatic carbocycles. The highest BCUT2D eigenvalue weighted by Crippen LogP contribution is 2.34. The van der Waals surface area contributed by atoms with Crippen molar-refractivity contribution in [1.29, 1.82) is 0 Å². The molecule has 4 rings (SSSR count). The number of sulfone groups is 1. The van der Waals surface area contributed by atoms with Gasteiger partial charge in [0, 0.05) is 19.7 Å². The van der Waals surface area contributed by atoms with Crippen LogP contribution < -0.4 is 21.1 Å². The molecule has 1 atom stereocenters. The zero-order chi connectivity index (χ0) is 40.6. The Morgan fingerprint density at radius 3 is 1.96 bits per heavy atom. The Bertz CT molecular complexity index is 2170. The molecule has 0 saturated heterocycles. The molecule has 14 nitrogen and oxygen atoms in total. The quantitative estimate of drug-likeness (QED) is 0.283. The summed E-state index contributed by atoms with van der Waals surface area (Å²) in [5, 5.41) is 2.33. The smallest absolute Gasteiger partial charge is 0.416 e. The Labute approximate surface area is 311 Å². The van der Waals surface area contributed by atoms with Crippen LogP contribution in [0.15, 0.2) is 71.6 Å². The molecule has 54 heavy (non-hydrogen) atoms. The SMILES string of the molecule is CN(C)S(=O)(=O)C(C)(C)C(=O)NNC(=O)c1ccc2c(c1)N(Cc1ccc(-c3ccc(C(F)(F)F)cc3)cc1)C(=O)[C@@H](NC(=O)OC(C)(C)C)CS2(=O)=O. The number of halogens is 3. The van der Waals surface area contributed by atoms with Gasteiger partial charge in [-0.3, -0.25) is 25.2 Å². The average Bonchev–Trinajstić information content (AvgIpc) is 3.14. The fourth-order valence-electron chi connectivity index (χ4n) is 5.28. The standard InChI is InChI=1S/C35H40F3N5O9S2/c1-33(2,3)52-32(47)39-26-20-53(48,49)28-17-14-24(29(44)40-41-31(46)34(4,5)54(50,51)42(6)7)18-27(28)43(30(26)45)19-21-8-10-22(11-9-21)23-12-15-25(16-13-23)35(36,37)38/h8-18,26H,19-20H2,1-7H3,(H,39,47)(H,40,44)(H,41,46)/t26-/m0/s1. The van der Waals surface area contributed by atoms with Crippen LogP contribution >= 0.6 is 0 Å². The number of alkyl halides is 3. The third-order valence-electron chi connectivity index (χ3n) is 8.29. The molecule has 0 radical (unpaired) electrons. The summed E-state index contributed by atoms with van der Waals surface area (Å²) < 4.78 is 96.0. The highest BCUT2D eigenvalue weighted by atomic mass is 32.2. The number of nitrogens with one attached hydrogen (secondary N) is 3. The number of rotatable bonds is 8. The lowest BCUT2D eigenvalue weighted by atomic mass is 10.0. The molecule has 0 aromatic heterocycles. The highest BCUT2D eigenvalue weighted by Gasteiger charge is 2.44. The summed E-state index contributed by atoms with van der Waals surface area (Å²) in [7, 11) is -5.99. The van der Waals surface area contributed by atoms with Crippen molar-refractivity contribution in [2.24, 2.45) is 0 Å². The number of amides is 4. The Kier molecular flexibility index (Phi) is 11.6. The zero-order valence-electron chi connectivity index (χ0n) is 30.4. The monoisotopic (exact) mass is 795 g/mol. The van der Waals surface area contributed by atoms with E-state index in [1.807, 2.05) is 0 Å². The second-order valence-corrected chi connectivity index (χ2v) is 18.8. The summed E-state index contributed by atoms with van der Waals surface area (Å²) in [6, 6.07) is 12.5. The lowest BCUT2D eigenvalue weighted by molar-refractivity contribution is -0.137. The fraction of sp³-hybridized carbons (Fsp3) is 0.371. The number of alkyl carbamates (subject to hydrolysis) is 1. The minimum Gasteiger partial charge on any atom is -0.444 e. The van der Waals surface area contributed by atoms with Crippen molar-refractivity contribution in [3.8, 4) is 11.1 Å². The first-order valence-electron chi connectivity index (χ1n) is 16.2. The summed E-state index contributed by atoms with van der Waals surface area (Å²) >= 11 is 0. The average molecular weight is 796 g/mol. The number of ether oxygens (including phenoxy) is 1. The largest absolute Gasteiger partial charge is 0.444 e. The van der Waals surface area contributed by atoms with Gasteiger partial charge in [0.05, 0.1) is 28.4 Å². The van der Waals surface area contributed by atoms with Crippen LogP contribution in [0.1, 0.15) is 56.1 Å². The molecule has 0 fully saturated rings. The summed E-state index contributed by atoms with van der Waals surface area (Å²) in [6.07, 6.45) is -5.57. The second kappa shape index (κ2) is 15.0. The van der Waals surface area contributed by atoms with E-state index in [4.69, 9.17) is 4.74 Å². The lowest BCUT2D eigenvalue weighted by Crippen LogP contribution is -2.56. The van der Waals surface area contributed by atoms with E-state index in [2.05, 4.69) is 16.2 Å². The van der Waals surface area contributed by atoms with Crippen LogP contribution in [-0.4, -0.2) is 81.2 Å². The van der Waals surface area contributed by atoms with Crippen LogP contribution in [0.5, 0.6) is 0 Å². The predicted molar refractivity (Wildman–Crippen MR) is 192 cm³/mol. The molecular weight excluding hydrogens is 756 g/mol. The van der Waals surface area contributed by atoms with Gasteiger partial charge in [0.2, 0.25) is 10.0 Å². The van der Waals surface area contributed by atoms with Crippen molar-refractivity contribution < 1.29 is 53.9 Å². The van der Waals surface area contributed by atoms with Gasteiger partial charge in [0.25, 0.3) is 17.7 Å². The maximum atomic E-state index is 14.1. The third kappa shape index (κ3) is 9.19. The van der Waals surface area contributed by atoms with Gasteiger partial charge in [0.15, 0.2) is 14.6 Å². The number of benzene rings is 3. The molecule has 4 amide bonds. The normalized spacial score (nSPS) is 16.2. The van der Waals surface area contributed by atoms with Crippen LogP contribution in [-0.2, 0) is 46.9 Å². The topological polar surface area (TPSA) is 188 Å². The molecule has 19 heteroatoms. The number of nitrogens with zero attached hydrogens (tertiary/aromatic N) is 2. The predicted octanol–water partition coefficient (Wildman–Crippen LogP) is 4.02. The molecule has 0 bridgehead atoms. The van der Waals surface area contributed by atoms with Gasteiger partial charge >= 0.3 is 12.3 Å². The molecule has 0 unspecified atom stereocenters. The molecule has 3 aromatic rings. The fourth-order valence-corrected chi connectivity index (χ4v) is 8.09. The molecule has 1 heterocycles. The van der Waals surface area contributed by atoms with Gasteiger partial charge in [-0.25, -0.2) is 25.9 Å². The van der Waals surface area contributed by atoms with E-state index in [0.717, 1.165) is 53.4 Å². The summed E-state index contributed by atoms with van der Waals surface area (Å²) in [6.45, 7) is 6.71. The lowest BCUT2D eigenvalue weighted by Gasteiger charge is -2.27. The summed E-state index contributed by atoms with van der Waals surface area (Å²) in [5.74, 6) is -3.80. The molecule has 1 aliphatic heterocycles. The molecular formula is C35H40F3N5O9S2. The van der Waals surface area contributed by atoms with Crippen molar-refractivity contribution in [1.82, 2.24) is 20.5 Å². The number of hydrazine groups is 1. The molecule has 292 valence electrons. The number of anilines is 1. The minimum atomic E-state index is -4.51. The van der Waals surface area contributed by atoms with E-state index in [0.29, 0.717) is 16.7 Å². The maximum absolute atomic E-state index is 14.1. The van der Waals surface area contributed by atoms with Crippen molar-refractivity contribution in [3.05, 3.63) is 83.4 Å². The molecule has 0 spiro atoms. The van der Waals surface area contributed by atoms with E-state index in [1.165, 1.54) is 26.2 Å². The first-order chi connectivity index (χ1) is 24.7. The van der Waals surface area contributed by atoms with Gasteiger partial charge in [-0.05, 0) is 81.6 Å². The molecule has 1 aliphatic rings. The first kappa shape index (κ1) is 41.7. The number of carbonyl (C=O) groups excluding carboxylic acids is 4. The maximum Gasteiger partial charge on any atom is 0.416 e. The first-order valence-corrected chi connectivity index (χ1v) is 19.3. The van der Waals surface area contributed by atoms with Gasteiger partial charge in [-0.15, -0.1) is 0 Å². The van der Waals surface area contributed by atoms with E-state index in [9.17, 15) is 49.2 Å². The minimum absolute atomic E-state index is 0.230. The summed E-state index contributed by atoms with van der Waals surface area (Å²) in [4.78, 5) is 53.7. The Morgan fingerprint density at radius 2 is 1.44 bits per heavy atom. The van der Waals surface area contributed by atoms with Crippen LogP contribution in [0, 0.1) is 0 Å². The van der Waals surface area contributed by atoms with Crippen LogP contribution in [0.2, 0.25) is 0 Å². The van der Waals surface area contributed by atoms with E-state index < -0.39 is 77.6 Å². The zero-order valence-corrected chi connectivity index (χ0v) is 32.0. The van der Waals surface area contributed by atoms with Gasteiger partial charge in [0.1, 0.15) is 11.6 Å². The number of carbonyl (C=O) groups is 4. The van der Waals surface area contributed by atoms with E-state index in [-0.39, 0.29) is 22.7 Å². The molecule has 3 N–H and O–H groups in total. The van der Waals surface area contributed by atoms with Gasteiger partial charge < -0.3 is 15.0 Å². The van der Waals surface area contributed by atoms with Crippen molar-refractivity contribution in [2.45, 2.75) is 68.6 Å². The third-order valence-corrected chi connectivity index (χ3v) is 12.5. The Morgan fingerprint density at radius 1 is 0.889 bits per heavy atom. The number of hydrogen-bond donors (Lipinski definition) is 3. The number of fused-ring (bicyclic) bond motifs is 1. The molecule has 0 saturated carbocycles. The number of hydrogen-bond acceptors (Lipinski definition) is 9. The Balaban J connectivity index is 1.71. The second-order valence-electron chi connectivity index (χ2n) is 14.1. The van der Waals surface area contributed by atoms with Crippen LogP contribution in [0.4, 0.5) is 23.7 Å². The highest BCUT2D eigenvalue weighted by molar-refractivity contribution is 7.91. The van der Waals surface area contributed by atoms with Crippen molar-refractivity contribution in [3.63, 3.8) is 0 Å². The van der Waals surface area contributed by atoms with Gasteiger partial charge in [-0.2, -0.15) is 13.2 Å². The van der Waals surface area contributed by atoms with Crippen molar-refractivity contribution in [2.75, 3.05) is 24.7 Å². The van der Waals surface area contributed by atoms with E-state index in [1.54, 1.807) is 45.0 Å². The summed E-state index contributed by atoms with van der Waals surface area (Å²) in [5.41, 5.74) is 3.36. The number of sulfonamides is 1. The van der Waals surface area contributed by atoms with Crippen LogP contribution in [0.3, 0.4) is 0 Å². The van der Waals surface area contributed by atoms with Crippen LogP contribution in [0.25, 0.3) is 11.1 Å².